The van der Waals surface area contributed by atoms with Gasteiger partial charge in [-0.2, -0.15) is 0 Å². The number of piperazine rings is 1. The van der Waals surface area contributed by atoms with Gasteiger partial charge in [0.15, 0.2) is 5.82 Å². The molecule has 2 heterocycles. The van der Waals surface area contributed by atoms with Gasteiger partial charge in [0.25, 0.3) is 0 Å². The maximum atomic E-state index is 16.2. The third-order valence-electron chi connectivity index (χ3n) is 7.35. The van der Waals surface area contributed by atoms with Crippen molar-refractivity contribution in [1.29, 1.82) is 0 Å². The van der Waals surface area contributed by atoms with Crippen LogP contribution in [-0.4, -0.2) is 70.8 Å². The average Bonchev–Trinajstić information content (AvgIpc) is 3.00. The highest BCUT2D eigenvalue weighted by Gasteiger charge is 2.32. The third kappa shape index (κ3) is 7.22. The molecule has 9 nitrogen and oxygen atoms in total. The van der Waals surface area contributed by atoms with Gasteiger partial charge < -0.3 is 19.9 Å². The Morgan fingerprint density at radius 1 is 1.18 bits per heavy atom. The van der Waals surface area contributed by atoms with Gasteiger partial charge in [-0.05, 0) is 55.0 Å². The van der Waals surface area contributed by atoms with E-state index in [9.17, 15) is 14.4 Å². The Balaban J connectivity index is 2.00. The number of amidine groups is 1. The molecule has 1 aromatic heterocycles. The lowest BCUT2D eigenvalue weighted by molar-refractivity contribution is -0.132. The fourth-order valence-corrected chi connectivity index (χ4v) is 5.82. The molecule has 236 valence electrons. The molecule has 1 fully saturated rings. The van der Waals surface area contributed by atoms with Crippen molar-refractivity contribution in [2.24, 2.45) is 4.99 Å². The van der Waals surface area contributed by atoms with Crippen LogP contribution in [0.2, 0.25) is 0 Å². The Kier molecular flexibility index (Phi) is 10.7. The summed E-state index contributed by atoms with van der Waals surface area (Å²) >= 11 is 1.51. The maximum absolute atomic E-state index is 16.2. The SMILES string of the molecule is C=CC(=O)N1CCN(C(=Nc2c(SC)cccc2C(C)C)c2cc(F)c(-c3c(F)cccc3OC(C)=O)nc2NC=O)C(C)C1. The number of thioether (sulfide) groups is 1. The zero-order valence-corrected chi connectivity index (χ0v) is 26.6. The number of aliphatic imine (C=N–C) groups is 1. The van der Waals surface area contributed by atoms with Gasteiger partial charge in [0.05, 0.1) is 16.8 Å². The summed E-state index contributed by atoms with van der Waals surface area (Å²) in [5, 5.41) is 2.54. The van der Waals surface area contributed by atoms with Gasteiger partial charge in [0, 0.05) is 37.5 Å². The topological polar surface area (TPSA) is 104 Å². The number of benzene rings is 2. The van der Waals surface area contributed by atoms with E-state index >= 15 is 8.78 Å². The maximum Gasteiger partial charge on any atom is 0.308 e. The van der Waals surface area contributed by atoms with Crippen LogP contribution in [-0.2, 0) is 14.4 Å². The minimum atomic E-state index is -0.928. The molecule has 1 N–H and O–H groups in total. The molecule has 3 aromatic rings. The predicted octanol–water partition coefficient (Wildman–Crippen LogP) is 6.16. The molecule has 1 saturated heterocycles. The van der Waals surface area contributed by atoms with Crippen LogP contribution >= 0.6 is 11.8 Å². The van der Waals surface area contributed by atoms with Crippen molar-refractivity contribution in [3.8, 4) is 17.0 Å². The summed E-state index contributed by atoms with van der Waals surface area (Å²) in [6.45, 7) is 11.8. The van der Waals surface area contributed by atoms with Gasteiger partial charge in [0.1, 0.15) is 28.9 Å². The number of amides is 2. The van der Waals surface area contributed by atoms with E-state index in [0.29, 0.717) is 37.6 Å². The van der Waals surface area contributed by atoms with Crippen molar-refractivity contribution in [2.75, 3.05) is 31.2 Å². The second-order valence-corrected chi connectivity index (χ2v) is 11.6. The van der Waals surface area contributed by atoms with E-state index < -0.39 is 23.3 Å². The number of para-hydroxylation sites is 1. The summed E-state index contributed by atoms with van der Waals surface area (Å²) in [6.07, 6.45) is 3.59. The number of hydrogen-bond donors (Lipinski definition) is 1. The first-order valence-electron chi connectivity index (χ1n) is 14.3. The molecular formula is C33H35F2N5O4S. The minimum Gasteiger partial charge on any atom is -0.426 e. The number of esters is 1. The van der Waals surface area contributed by atoms with E-state index in [4.69, 9.17) is 9.73 Å². The molecule has 1 atom stereocenters. The quantitative estimate of drug-likeness (QED) is 0.0571. The lowest BCUT2D eigenvalue weighted by Crippen LogP contribution is -2.55. The minimum absolute atomic E-state index is 0.0818. The van der Waals surface area contributed by atoms with Crippen LogP contribution in [0.1, 0.15) is 44.7 Å². The zero-order valence-electron chi connectivity index (χ0n) is 25.8. The number of pyridine rings is 1. The third-order valence-corrected chi connectivity index (χ3v) is 8.12. The summed E-state index contributed by atoms with van der Waals surface area (Å²) in [4.78, 5) is 50.0. The molecule has 12 heteroatoms. The van der Waals surface area contributed by atoms with Crippen LogP contribution in [0, 0.1) is 11.6 Å². The summed E-state index contributed by atoms with van der Waals surface area (Å²) in [5.41, 5.74) is 0.955. The number of nitrogens with one attached hydrogen (secondary N) is 1. The van der Waals surface area contributed by atoms with Crippen LogP contribution in [0.3, 0.4) is 0 Å². The van der Waals surface area contributed by atoms with Crippen molar-refractivity contribution in [1.82, 2.24) is 14.8 Å². The number of carbonyl (C=O) groups excluding carboxylic acids is 3. The second kappa shape index (κ2) is 14.5. The molecule has 45 heavy (non-hydrogen) atoms. The van der Waals surface area contributed by atoms with E-state index in [2.05, 4.69) is 16.9 Å². The van der Waals surface area contributed by atoms with E-state index in [1.165, 1.54) is 30.0 Å². The fraction of sp³-hybridized carbons (Fsp3) is 0.303. The second-order valence-electron chi connectivity index (χ2n) is 10.7. The summed E-state index contributed by atoms with van der Waals surface area (Å²) in [7, 11) is 0. The molecule has 1 aliphatic rings. The van der Waals surface area contributed by atoms with E-state index in [-0.39, 0.29) is 40.6 Å². The predicted molar refractivity (Wildman–Crippen MR) is 172 cm³/mol. The number of anilines is 1. The largest absolute Gasteiger partial charge is 0.426 e. The smallest absolute Gasteiger partial charge is 0.308 e. The summed E-state index contributed by atoms with van der Waals surface area (Å²) in [6, 6.07) is 10.5. The number of nitrogens with zero attached hydrogens (tertiary/aromatic N) is 4. The van der Waals surface area contributed by atoms with Crippen LogP contribution in [0.15, 0.2) is 65.0 Å². The Morgan fingerprint density at radius 3 is 2.53 bits per heavy atom. The highest BCUT2D eigenvalue weighted by Crippen LogP contribution is 2.39. The van der Waals surface area contributed by atoms with E-state index in [1.807, 2.05) is 50.1 Å². The first-order chi connectivity index (χ1) is 21.5. The van der Waals surface area contributed by atoms with Gasteiger partial charge in [0.2, 0.25) is 12.3 Å². The molecule has 0 bridgehead atoms. The molecule has 0 aliphatic carbocycles. The number of hydrogen-bond acceptors (Lipinski definition) is 7. The van der Waals surface area contributed by atoms with Gasteiger partial charge in [-0.3, -0.25) is 14.4 Å². The van der Waals surface area contributed by atoms with Crippen molar-refractivity contribution in [3.63, 3.8) is 0 Å². The summed E-state index contributed by atoms with van der Waals surface area (Å²) < 4.78 is 36.5. The molecule has 2 aromatic carbocycles. The number of carbonyl (C=O) groups is 3. The highest BCUT2D eigenvalue weighted by atomic mass is 32.2. The fourth-order valence-electron chi connectivity index (χ4n) is 5.25. The molecule has 0 radical (unpaired) electrons. The molecule has 4 rings (SSSR count). The van der Waals surface area contributed by atoms with Crippen LogP contribution in [0.5, 0.6) is 5.75 Å². The van der Waals surface area contributed by atoms with E-state index in [1.54, 1.807) is 4.90 Å². The number of aromatic nitrogens is 1. The van der Waals surface area contributed by atoms with Crippen LogP contribution in [0.4, 0.5) is 20.3 Å². The Bertz CT molecular complexity index is 1660. The van der Waals surface area contributed by atoms with Gasteiger partial charge >= 0.3 is 5.97 Å². The van der Waals surface area contributed by atoms with Gasteiger partial charge in [-0.1, -0.05) is 38.6 Å². The van der Waals surface area contributed by atoms with Crippen molar-refractivity contribution in [2.45, 2.75) is 44.6 Å². The molecule has 2 amide bonds. The standard InChI is InChI=1S/C33H35F2N5O4S/c1-7-28(43)39-14-15-40(20(4)17-39)33(38-30-22(19(2)3)10-8-13-27(30)45-6)23-16-25(35)31(37-32(23)36-18-41)29-24(34)11-9-12-26(29)44-21(5)42/h7-13,16,18-20H,1,14-15,17H2,2-6H3,(H,36,37,41). The lowest BCUT2D eigenvalue weighted by Gasteiger charge is -2.41. The molecule has 0 saturated carbocycles. The van der Waals surface area contributed by atoms with Crippen molar-refractivity contribution < 1.29 is 27.9 Å². The normalized spacial score (nSPS) is 15.2. The lowest BCUT2D eigenvalue weighted by atomic mass is 10.0. The molecule has 1 unspecified atom stereocenters. The number of halogens is 2. The zero-order chi connectivity index (χ0) is 32.8. The number of rotatable bonds is 9. The average molecular weight is 636 g/mol. The monoisotopic (exact) mass is 635 g/mol. The Labute approximate surface area is 265 Å². The van der Waals surface area contributed by atoms with E-state index in [0.717, 1.165) is 29.5 Å². The highest BCUT2D eigenvalue weighted by molar-refractivity contribution is 7.98. The molecule has 0 spiro atoms. The van der Waals surface area contributed by atoms with Crippen LogP contribution in [0.25, 0.3) is 11.3 Å². The number of ether oxygens (including phenoxy) is 1. The van der Waals surface area contributed by atoms with Crippen molar-refractivity contribution >= 4 is 47.4 Å². The molecular weight excluding hydrogens is 600 g/mol. The Morgan fingerprint density at radius 2 is 1.91 bits per heavy atom. The summed E-state index contributed by atoms with van der Waals surface area (Å²) in [5.74, 6) is -2.62. The first kappa shape index (κ1) is 33.3. The first-order valence-corrected chi connectivity index (χ1v) is 15.5. The molecule has 1 aliphatic heterocycles. The van der Waals surface area contributed by atoms with Gasteiger partial charge in [-0.15, -0.1) is 11.8 Å². The van der Waals surface area contributed by atoms with Crippen LogP contribution < -0.4 is 10.1 Å². The van der Waals surface area contributed by atoms with Crippen molar-refractivity contribution in [3.05, 3.63) is 77.9 Å². The van der Waals surface area contributed by atoms with Gasteiger partial charge in [-0.25, -0.2) is 18.8 Å². The Hall–Kier alpha value is -4.58.